The Balaban J connectivity index is 2.00. The molecule has 1 heterocycles. The fraction of sp³-hybridized carbons (Fsp3) is 0.167. The summed E-state index contributed by atoms with van der Waals surface area (Å²) in [6.45, 7) is 0.536. The number of carbonyl (C=O) groups is 1. The lowest BCUT2D eigenvalue weighted by Crippen LogP contribution is -2.12. The highest BCUT2D eigenvalue weighted by Gasteiger charge is 2.05. The predicted molar refractivity (Wildman–Crippen MR) is 63.6 cm³/mol. The number of carboxylic acids is 1. The molecule has 0 aliphatic heterocycles. The van der Waals surface area contributed by atoms with Gasteiger partial charge in [0.25, 0.3) is 0 Å². The second-order valence-corrected chi connectivity index (χ2v) is 3.61. The second-order valence-electron chi connectivity index (χ2n) is 3.61. The molecule has 0 saturated heterocycles. The molecule has 0 bridgehead atoms. The van der Waals surface area contributed by atoms with Crippen LogP contribution in [-0.4, -0.2) is 20.6 Å². The van der Waals surface area contributed by atoms with Crippen LogP contribution < -0.4 is 5.32 Å². The quantitative estimate of drug-likeness (QED) is 0.819. The van der Waals surface area contributed by atoms with Crippen LogP contribution in [0.15, 0.2) is 42.7 Å². The van der Waals surface area contributed by atoms with Crippen molar-refractivity contribution in [3.05, 3.63) is 48.3 Å². The summed E-state index contributed by atoms with van der Waals surface area (Å²) >= 11 is 0. The number of hydrogen-bond acceptors (Lipinski definition) is 3. The molecule has 1 aromatic heterocycles. The number of rotatable bonds is 5. The Morgan fingerprint density at radius 2 is 2.12 bits per heavy atom. The number of aliphatic carboxylic acids is 1. The molecule has 88 valence electrons. The fourth-order valence-electron chi connectivity index (χ4n) is 1.53. The number of nitrogens with zero attached hydrogens (tertiary/aromatic N) is 2. The van der Waals surface area contributed by atoms with E-state index in [9.17, 15) is 4.79 Å². The van der Waals surface area contributed by atoms with Crippen molar-refractivity contribution in [2.24, 2.45) is 0 Å². The van der Waals surface area contributed by atoms with Crippen molar-refractivity contribution in [2.45, 2.75) is 13.1 Å². The molecule has 0 atom stereocenters. The Labute approximate surface area is 98.7 Å². The summed E-state index contributed by atoms with van der Waals surface area (Å²) in [6.07, 6.45) is 3.22. The predicted octanol–water partition coefficient (Wildman–Crippen LogP) is 1.58. The number of nitrogens with one attached hydrogen (secondary N) is 1. The van der Waals surface area contributed by atoms with Gasteiger partial charge in [-0.25, -0.2) is 4.98 Å². The van der Waals surface area contributed by atoms with E-state index in [2.05, 4.69) is 10.3 Å². The molecule has 0 spiro atoms. The highest BCUT2D eigenvalue weighted by Crippen LogP contribution is 2.07. The molecule has 17 heavy (non-hydrogen) atoms. The molecule has 0 aliphatic rings. The average molecular weight is 231 g/mol. The minimum Gasteiger partial charge on any atom is -0.480 e. The summed E-state index contributed by atoms with van der Waals surface area (Å²) < 4.78 is 1.56. The van der Waals surface area contributed by atoms with Gasteiger partial charge < -0.3 is 15.0 Å². The monoisotopic (exact) mass is 231 g/mol. The van der Waals surface area contributed by atoms with Crippen LogP contribution in [0.4, 0.5) is 5.95 Å². The molecule has 5 nitrogen and oxygen atoms in total. The van der Waals surface area contributed by atoms with Crippen LogP contribution in [0, 0.1) is 0 Å². The zero-order chi connectivity index (χ0) is 12.1. The van der Waals surface area contributed by atoms with Gasteiger partial charge in [0.15, 0.2) is 0 Å². The van der Waals surface area contributed by atoms with Crippen molar-refractivity contribution in [1.82, 2.24) is 9.55 Å². The van der Waals surface area contributed by atoms with Crippen molar-refractivity contribution >= 4 is 11.9 Å². The van der Waals surface area contributed by atoms with Crippen LogP contribution in [-0.2, 0) is 17.9 Å². The summed E-state index contributed by atoms with van der Waals surface area (Å²) in [5.41, 5.74) is 1.12. The molecular formula is C12H13N3O2. The largest absolute Gasteiger partial charge is 0.480 e. The molecule has 0 radical (unpaired) electrons. The standard InChI is InChI=1S/C12H13N3O2/c16-11(17)9-15-7-6-13-12(15)14-8-10-4-2-1-3-5-10/h1-7H,8-9H2,(H,13,14)(H,16,17). The normalized spacial score (nSPS) is 10.1. The third-order valence-electron chi connectivity index (χ3n) is 2.31. The van der Waals surface area contributed by atoms with Gasteiger partial charge in [-0.05, 0) is 5.56 Å². The van der Waals surface area contributed by atoms with Crippen LogP contribution in [0.3, 0.4) is 0 Å². The van der Waals surface area contributed by atoms with E-state index in [1.807, 2.05) is 30.3 Å². The van der Waals surface area contributed by atoms with Crippen molar-refractivity contribution in [3.8, 4) is 0 Å². The summed E-state index contributed by atoms with van der Waals surface area (Å²) in [4.78, 5) is 14.7. The summed E-state index contributed by atoms with van der Waals surface area (Å²) in [5, 5.41) is 11.8. The second kappa shape index (κ2) is 5.16. The summed E-state index contributed by atoms with van der Waals surface area (Å²) in [5.74, 6) is -0.318. The maximum Gasteiger partial charge on any atom is 0.323 e. The van der Waals surface area contributed by atoms with Crippen LogP contribution in [0.25, 0.3) is 0 Å². The minimum absolute atomic E-state index is 0.0862. The molecule has 0 fully saturated rings. The van der Waals surface area contributed by atoms with Crippen LogP contribution in [0.1, 0.15) is 5.56 Å². The molecule has 0 amide bonds. The van der Waals surface area contributed by atoms with Crippen LogP contribution >= 0.6 is 0 Å². The third kappa shape index (κ3) is 3.07. The first-order valence-corrected chi connectivity index (χ1v) is 5.26. The Morgan fingerprint density at radius 3 is 2.82 bits per heavy atom. The Morgan fingerprint density at radius 1 is 1.35 bits per heavy atom. The van der Waals surface area contributed by atoms with Crippen molar-refractivity contribution in [2.75, 3.05) is 5.32 Å². The number of benzene rings is 1. The number of aromatic nitrogens is 2. The highest BCUT2D eigenvalue weighted by atomic mass is 16.4. The molecule has 2 N–H and O–H groups in total. The van der Waals surface area contributed by atoms with Gasteiger partial charge in [-0.2, -0.15) is 0 Å². The zero-order valence-electron chi connectivity index (χ0n) is 9.21. The number of hydrogen-bond donors (Lipinski definition) is 2. The SMILES string of the molecule is O=C(O)Cn1ccnc1NCc1ccccc1. The lowest BCUT2D eigenvalue weighted by Gasteiger charge is -2.07. The summed E-state index contributed by atoms with van der Waals surface area (Å²) in [6, 6.07) is 9.87. The third-order valence-corrected chi connectivity index (χ3v) is 2.31. The topological polar surface area (TPSA) is 67.1 Å². The van der Waals surface area contributed by atoms with Crippen LogP contribution in [0.2, 0.25) is 0 Å². The van der Waals surface area contributed by atoms with Gasteiger partial charge >= 0.3 is 5.97 Å². The first-order chi connectivity index (χ1) is 8.25. The first-order valence-electron chi connectivity index (χ1n) is 5.26. The van der Waals surface area contributed by atoms with Gasteiger partial charge in [0.2, 0.25) is 5.95 Å². The number of imidazole rings is 1. The van der Waals surface area contributed by atoms with E-state index < -0.39 is 5.97 Å². The highest BCUT2D eigenvalue weighted by molar-refractivity contribution is 5.67. The van der Waals surface area contributed by atoms with E-state index in [0.717, 1.165) is 5.56 Å². The Kier molecular flexibility index (Phi) is 3.40. The molecule has 2 aromatic rings. The Bertz CT molecular complexity index is 493. The van der Waals surface area contributed by atoms with E-state index in [0.29, 0.717) is 12.5 Å². The average Bonchev–Trinajstić information content (AvgIpc) is 2.74. The number of anilines is 1. The van der Waals surface area contributed by atoms with E-state index in [4.69, 9.17) is 5.11 Å². The lowest BCUT2D eigenvalue weighted by atomic mass is 10.2. The number of carboxylic acid groups (broad SMARTS) is 1. The molecule has 0 aliphatic carbocycles. The van der Waals surface area contributed by atoms with Gasteiger partial charge in [0.05, 0.1) is 0 Å². The molecule has 2 rings (SSSR count). The molecule has 0 saturated carbocycles. The fourth-order valence-corrected chi connectivity index (χ4v) is 1.53. The smallest absolute Gasteiger partial charge is 0.323 e. The first kappa shape index (κ1) is 11.2. The summed E-state index contributed by atoms with van der Waals surface area (Å²) in [7, 11) is 0. The van der Waals surface area contributed by atoms with E-state index in [1.54, 1.807) is 17.0 Å². The molecule has 5 heteroatoms. The lowest BCUT2D eigenvalue weighted by molar-refractivity contribution is -0.137. The molecule has 1 aromatic carbocycles. The van der Waals surface area contributed by atoms with Gasteiger partial charge in [-0.3, -0.25) is 4.79 Å². The van der Waals surface area contributed by atoms with Crippen molar-refractivity contribution < 1.29 is 9.90 Å². The van der Waals surface area contributed by atoms with Gasteiger partial charge in [0, 0.05) is 18.9 Å². The van der Waals surface area contributed by atoms with E-state index >= 15 is 0 Å². The van der Waals surface area contributed by atoms with Gasteiger partial charge in [0.1, 0.15) is 6.54 Å². The van der Waals surface area contributed by atoms with Gasteiger partial charge in [-0.1, -0.05) is 30.3 Å². The Hall–Kier alpha value is -2.30. The van der Waals surface area contributed by atoms with Crippen molar-refractivity contribution in [1.29, 1.82) is 0 Å². The maximum atomic E-state index is 10.6. The molecular weight excluding hydrogens is 218 g/mol. The van der Waals surface area contributed by atoms with Gasteiger partial charge in [-0.15, -0.1) is 0 Å². The van der Waals surface area contributed by atoms with E-state index in [1.165, 1.54) is 0 Å². The van der Waals surface area contributed by atoms with Crippen molar-refractivity contribution in [3.63, 3.8) is 0 Å². The minimum atomic E-state index is -0.884. The molecule has 0 unspecified atom stereocenters. The van der Waals surface area contributed by atoms with Crippen LogP contribution in [0.5, 0.6) is 0 Å². The zero-order valence-corrected chi connectivity index (χ0v) is 9.21. The maximum absolute atomic E-state index is 10.6. The van der Waals surface area contributed by atoms with E-state index in [-0.39, 0.29) is 6.54 Å².